The molecule has 4 rings (SSSR count). The van der Waals surface area contributed by atoms with Gasteiger partial charge in [-0.05, 0) is 23.6 Å². The molecule has 0 atom stereocenters. The Hall–Kier alpha value is -2.34. The van der Waals surface area contributed by atoms with Gasteiger partial charge in [-0.3, -0.25) is 0 Å². The van der Waals surface area contributed by atoms with E-state index in [0.29, 0.717) is 0 Å². The lowest BCUT2D eigenvalue weighted by atomic mass is 10.4. The van der Waals surface area contributed by atoms with E-state index in [-0.39, 0.29) is 0 Å². The van der Waals surface area contributed by atoms with Crippen molar-refractivity contribution in [3.05, 3.63) is 47.0 Å². The van der Waals surface area contributed by atoms with Gasteiger partial charge in [0.15, 0.2) is 17.2 Å². The standard InChI is InChI=1S/C13H10N4OS/c1-4-11(18-5-1)12-15-10-7-14-17(13(10)16-12)8-9-3-2-6-19-9/h1-7H,8H2,(H,15,16). The van der Waals surface area contributed by atoms with E-state index in [1.165, 1.54) is 4.88 Å². The molecule has 4 aromatic rings. The first-order valence-corrected chi connectivity index (χ1v) is 6.76. The quantitative estimate of drug-likeness (QED) is 0.622. The number of imidazole rings is 1. The molecule has 1 N–H and O–H groups in total. The highest BCUT2D eigenvalue weighted by Gasteiger charge is 2.12. The van der Waals surface area contributed by atoms with Crippen molar-refractivity contribution in [1.82, 2.24) is 19.7 Å². The van der Waals surface area contributed by atoms with Crippen LogP contribution in [0.1, 0.15) is 4.88 Å². The number of fused-ring (bicyclic) bond motifs is 1. The summed E-state index contributed by atoms with van der Waals surface area (Å²) in [7, 11) is 0. The number of aromatic amines is 1. The molecule has 5 nitrogen and oxygen atoms in total. The Morgan fingerprint density at radius 3 is 3.11 bits per heavy atom. The van der Waals surface area contributed by atoms with Gasteiger partial charge in [0.2, 0.25) is 0 Å². The molecule has 0 saturated carbocycles. The van der Waals surface area contributed by atoms with E-state index in [9.17, 15) is 0 Å². The van der Waals surface area contributed by atoms with Crippen LogP contribution in [0.5, 0.6) is 0 Å². The minimum atomic E-state index is 0.734. The first-order valence-electron chi connectivity index (χ1n) is 5.88. The molecule has 4 heterocycles. The fourth-order valence-electron chi connectivity index (χ4n) is 2.04. The van der Waals surface area contributed by atoms with Crippen molar-refractivity contribution in [3.63, 3.8) is 0 Å². The van der Waals surface area contributed by atoms with Crippen LogP contribution in [0.3, 0.4) is 0 Å². The van der Waals surface area contributed by atoms with E-state index >= 15 is 0 Å². The van der Waals surface area contributed by atoms with Crippen LogP contribution < -0.4 is 0 Å². The maximum atomic E-state index is 5.34. The number of nitrogens with one attached hydrogen (secondary N) is 1. The fraction of sp³-hybridized carbons (Fsp3) is 0.0769. The molecule has 0 fully saturated rings. The summed E-state index contributed by atoms with van der Waals surface area (Å²) in [4.78, 5) is 9.02. The summed E-state index contributed by atoms with van der Waals surface area (Å²) in [6.45, 7) is 0.740. The topological polar surface area (TPSA) is 59.6 Å². The van der Waals surface area contributed by atoms with Gasteiger partial charge in [0.1, 0.15) is 5.52 Å². The Morgan fingerprint density at radius 1 is 1.32 bits per heavy atom. The third-order valence-corrected chi connectivity index (χ3v) is 3.78. The van der Waals surface area contributed by atoms with Crippen LogP contribution in [0.15, 0.2) is 46.5 Å². The van der Waals surface area contributed by atoms with Crippen molar-refractivity contribution in [3.8, 4) is 11.6 Å². The largest absolute Gasteiger partial charge is 0.461 e. The number of H-pyrrole nitrogens is 1. The molecular weight excluding hydrogens is 260 g/mol. The highest BCUT2D eigenvalue weighted by Crippen LogP contribution is 2.21. The van der Waals surface area contributed by atoms with E-state index in [4.69, 9.17) is 4.42 Å². The van der Waals surface area contributed by atoms with Crippen LogP contribution in [0.2, 0.25) is 0 Å². The van der Waals surface area contributed by atoms with Gasteiger partial charge < -0.3 is 9.40 Å². The third kappa shape index (κ3) is 1.77. The Labute approximate surface area is 112 Å². The molecule has 19 heavy (non-hydrogen) atoms. The molecule has 0 radical (unpaired) electrons. The summed E-state index contributed by atoms with van der Waals surface area (Å²) in [5, 5.41) is 6.42. The summed E-state index contributed by atoms with van der Waals surface area (Å²) in [5.74, 6) is 1.47. The first-order chi connectivity index (χ1) is 9.40. The van der Waals surface area contributed by atoms with Crippen LogP contribution in [0.25, 0.3) is 22.7 Å². The number of hydrogen-bond acceptors (Lipinski definition) is 4. The Bertz CT molecular complexity index is 795. The second-order valence-electron chi connectivity index (χ2n) is 4.18. The number of hydrogen-bond donors (Lipinski definition) is 1. The van der Waals surface area contributed by atoms with Crippen LogP contribution in [-0.2, 0) is 6.54 Å². The number of furan rings is 1. The van der Waals surface area contributed by atoms with Crippen LogP contribution >= 0.6 is 11.3 Å². The van der Waals surface area contributed by atoms with Crippen molar-refractivity contribution < 1.29 is 4.42 Å². The third-order valence-electron chi connectivity index (χ3n) is 2.92. The SMILES string of the molecule is c1coc(-c2nc3c(cnn3Cc3cccs3)[nH]2)c1. The van der Waals surface area contributed by atoms with Gasteiger partial charge in [0.25, 0.3) is 0 Å². The summed E-state index contributed by atoms with van der Waals surface area (Å²) >= 11 is 1.72. The molecule has 94 valence electrons. The minimum Gasteiger partial charge on any atom is -0.461 e. The Balaban J connectivity index is 1.76. The van der Waals surface area contributed by atoms with Gasteiger partial charge in [0, 0.05) is 4.88 Å². The molecular formula is C13H10N4OS. The molecule has 0 amide bonds. The van der Waals surface area contributed by atoms with Gasteiger partial charge in [0.05, 0.1) is 19.0 Å². The molecule has 0 aliphatic heterocycles. The van der Waals surface area contributed by atoms with E-state index in [1.54, 1.807) is 23.8 Å². The van der Waals surface area contributed by atoms with Crippen molar-refractivity contribution in [1.29, 1.82) is 0 Å². The van der Waals surface area contributed by atoms with Gasteiger partial charge in [-0.1, -0.05) is 6.07 Å². The van der Waals surface area contributed by atoms with Crippen LogP contribution in [0.4, 0.5) is 0 Å². The second kappa shape index (κ2) is 4.10. The first kappa shape index (κ1) is 10.6. The predicted octanol–water partition coefficient (Wildman–Crippen LogP) is 3.13. The molecule has 4 aromatic heterocycles. The Kier molecular flexibility index (Phi) is 2.28. The van der Waals surface area contributed by atoms with Crippen molar-refractivity contribution in [2.75, 3.05) is 0 Å². The lowest BCUT2D eigenvalue weighted by Crippen LogP contribution is -2.00. The summed E-state index contributed by atoms with van der Waals surface area (Å²) < 4.78 is 7.24. The summed E-state index contributed by atoms with van der Waals surface area (Å²) in [5.41, 5.74) is 1.77. The monoisotopic (exact) mass is 270 g/mol. The molecule has 6 heteroatoms. The van der Waals surface area contributed by atoms with Gasteiger partial charge in [-0.25, -0.2) is 9.67 Å². The maximum absolute atomic E-state index is 5.34. The van der Waals surface area contributed by atoms with Gasteiger partial charge in [-0.15, -0.1) is 11.3 Å². The molecule has 0 bridgehead atoms. The van der Waals surface area contributed by atoms with E-state index in [2.05, 4.69) is 26.5 Å². The normalized spacial score (nSPS) is 11.4. The predicted molar refractivity (Wildman–Crippen MR) is 73.0 cm³/mol. The number of nitrogens with zero attached hydrogens (tertiary/aromatic N) is 3. The minimum absolute atomic E-state index is 0.734. The van der Waals surface area contributed by atoms with E-state index in [1.807, 2.05) is 22.9 Å². The number of thiophene rings is 1. The van der Waals surface area contributed by atoms with Crippen molar-refractivity contribution in [2.45, 2.75) is 6.54 Å². The zero-order chi connectivity index (χ0) is 12.7. The molecule has 0 unspecified atom stereocenters. The smallest absolute Gasteiger partial charge is 0.177 e. The summed E-state index contributed by atoms with van der Waals surface area (Å²) in [6, 6.07) is 7.87. The van der Waals surface area contributed by atoms with E-state index in [0.717, 1.165) is 29.3 Å². The van der Waals surface area contributed by atoms with Crippen molar-refractivity contribution >= 4 is 22.5 Å². The number of rotatable bonds is 3. The lowest BCUT2D eigenvalue weighted by molar-refractivity contribution is 0.578. The lowest BCUT2D eigenvalue weighted by Gasteiger charge is -1.97. The number of aromatic nitrogens is 4. The van der Waals surface area contributed by atoms with E-state index < -0.39 is 0 Å². The average molecular weight is 270 g/mol. The molecule has 0 aromatic carbocycles. The van der Waals surface area contributed by atoms with Crippen LogP contribution in [0, 0.1) is 0 Å². The highest BCUT2D eigenvalue weighted by atomic mass is 32.1. The molecule has 0 saturated heterocycles. The molecule has 0 aliphatic rings. The van der Waals surface area contributed by atoms with Crippen molar-refractivity contribution in [2.24, 2.45) is 0 Å². The molecule has 0 aliphatic carbocycles. The summed E-state index contributed by atoms with van der Waals surface area (Å²) in [6.07, 6.45) is 3.43. The van der Waals surface area contributed by atoms with Gasteiger partial charge >= 0.3 is 0 Å². The molecule has 0 spiro atoms. The van der Waals surface area contributed by atoms with Crippen LogP contribution in [-0.4, -0.2) is 19.7 Å². The highest BCUT2D eigenvalue weighted by molar-refractivity contribution is 7.09. The average Bonchev–Trinajstić information content (AvgIpc) is 3.15. The Morgan fingerprint density at radius 2 is 2.32 bits per heavy atom. The maximum Gasteiger partial charge on any atom is 0.177 e. The van der Waals surface area contributed by atoms with Gasteiger partial charge in [-0.2, -0.15) is 5.10 Å². The zero-order valence-electron chi connectivity index (χ0n) is 9.91. The zero-order valence-corrected chi connectivity index (χ0v) is 10.7. The second-order valence-corrected chi connectivity index (χ2v) is 5.21. The fourth-order valence-corrected chi connectivity index (χ4v) is 2.73.